The molecule has 0 heterocycles. The average molecular weight is 277 g/mol. The summed E-state index contributed by atoms with van der Waals surface area (Å²) in [5.74, 6) is 0.121. The predicted molar refractivity (Wildman–Crippen MR) is 82.1 cm³/mol. The van der Waals surface area contributed by atoms with Crippen molar-refractivity contribution < 1.29 is 9.90 Å². The minimum absolute atomic E-state index is 0.157. The number of carbonyl (C=O) groups excluding carboxylic acids is 1. The van der Waals surface area contributed by atoms with E-state index in [2.05, 4.69) is 0 Å². The van der Waals surface area contributed by atoms with Gasteiger partial charge >= 0.3 is 0 Å². The second kappa shape index (κ2) is 6.06. The summed E-state index contributed by atoms with van der Waals surface area (Å²) in [6.45, 7) is 3.63. The van der Waals surface area contributed by atoms with Gasteiger partial charge in [-0.3, -0.25) is 4.79 Å². The van der Waals surface area contributed by atoms with Crippen molar-refractivity contribution in [3.63, 3.8) is 0 Å². The van der Waals surface area contributed by atoms with E-state index in [0.29, 0.717) is 11.1 Å². The van der Waals surface area contributed by atoms with E-state index in [4.69, 9.17) is 5.26 Å². The van der Waals surface area contributed by atoms with E-state index in [1.54, 1.807) is 30.3 Å². The van der Waals surface area contributed by atoms with Crippen molar-refractivity contribution in [3.05, 3.63) is 70.3 Å². The molecule has 0 aliphatic rings. The Morgan fingerprint density at radius 3 is 2.48 bits per heavy atom. The summed E-state index contributed by atoms with van der Waals surface area (Å²) in [6.07, 6.45) is 3.18. The van der Waals surface area contributed by atoms with Crippen molar-refractivity contribution in [2.45, 2.75) is 13.8 Å². The summed E-state index contributed by atoms with van der Waals surface area (Å²) in [5.41, 5.74) is 3.35. The van der Waals surface area contributed by atoms with Crippen LogP contribution in [0.25, 0.3) is 6.08 Å². The Kier molecular flexibility index (Phi) is 4.20. The molecule has 0 unspecified atom stereocenters. The van der Waals surface area contributed by atoms with Crippen molar-refractivity contribution >= 4 is 11.9 Å². The summed E-state index contributed by atoms with van der Waals surface area (Å²) in [6, 6.07) is 12.2. The molecule has 3 heteroatoms. The molecule has 2 rings (SSSR count). The monoisotopic (exact) mass is 277 g/mol. The van der Waals surface area contributed by atoms with Gasteiger partial charge in [0.2, 0.25) is 0 Å². The number of rotatable bonds is 3. The first kappa shape index (κ1) is 14.5. The first-order valence-electron chi connectivity index (χ1n) is 6.54. The Hall–Kier alpha value is -2.86. The Balaban J connectivity index is 2.25. The Labute approximate surface area is 123 Å². The molecule has 0 spiro atoms. The van der Waals surface area contributed by atoms with Crippen LogP contribution in [0, 0.1) is 25.2 Å². The number of nitrogens with zero attached hydrogens (tertiary/aromatic N) is 1. The Morgan fingerprint density at radius 2 is 1.86 bits per heavy atom. The van der Waals surface area contributed by atoms with Crippen LogP contribution >= 0.6 is 0 Å². The molecule has 0 aliphatic heterocycles. The van der Waals surface area contributed by atoms with Crippen LogP contribution in [0.1, 0.15) is 32.6 Å². The molecule has 0 saturated carbocycles. The van der Waals surface area contributed by atoms with E-state index >= 15 is 0 Å². The number of benzene rings is 2. The molecule has 0 fully saturated rings. The molecule has 0 bridgehead atoms. The lowest BCUT2D eigenvalue weighted by Crippen LogP contribution is -1.94. The number of nitriles is 1. The Bertz CT molecular complexity index is 744. The fraction of sp³-hybridized carbons (Fsp3) is 0.111. The summed E-state index contributed by atoms with van der Waals surface area (Å²) < 4.78 is 0. The molecular weight excluding hydrogens is 262 g/mol. The average Bonchev–Trinajstić information content (AvgIpc) is 2.50. The van der Waals surface area contributed by atoms with Crippen LogP contribution in [0.2, 0.25) is 0 Å². The van der Waals surface area contributed by atoms with Crippen LogP contribution in [-0.4, -0.2) is 10.9 Å². The molecule has 0 radical (unpaired) electrons. The molecule has 0 atom stereocenters. The van der Waals surface area contributed by atoms with E-state index in [1.807, 2.05) is 32.0 Å². The molecule has 0 aromatic heterocycles. The van der Waals surface area contributed by atoms with Crippen LogP contribution in [-0.2, 0) is 0 Å². The SMILES string of the molecule is Cc1cc(/C=C/C(=O)c2cccc(C#N)c2)cc(C)c1O. The van der Waals surface area contributed by atoms with E-state index in [1.165, 1.54) is 6.08 Å². The minimum atomic E-state index is -0.157. The normalized spacial score (nSPS) is 10.5. The zero-order valence-corrected chi connectivity index (χ0v) is 11.9. The van der Waals surface area contributed by atoms with Crippen molar-refractivity contribution in [1.29, 1.82) is 5.26 Å². The summed E-state index contributed by atoms with van der Waals surface area (Å²) in [5, 5.41) is 18.6. The predicted octanol–water partition coefficient (Wildman–Crippen LogP) is 3.78. The number of aryl methyl sites for hydroxylation is 2. The van der Waals surface area contributed by atoms with Crippen LogP contribution in [0.4, 0.5) is 0 Å². The van der Waals surface area contributed by atoms with Gasteiger partial charge in [-0.25, -0.2) is 0 Å². The van der Waals surface area contributed by atoms with Crippen molar-refractivity contribution in [3.8, 4) is 11.8 Å². The molecule has 0 saturated heterocycles. The maximum Gasteiger partial charge on any atom is 0.185 e. The summed E-state index contributed by atoms with van der Waals surface area (Å²) in [4.78, 5) is 12.1. The quantitative estimate of drug-likeness (QED) is 0.686. The summed E-state index contributed by atoms with van der Waals surface area (Å²) >= 11 is 0. The van der Waals surface area contributed by atoms with Gasteiger partial charge in [0.05, 0.1) is 11.6 Å². The molecule has 3 nitrogen and oxygen atoms in total. The Morgan fingerprint density at radius 1 is 1.19 bits per heavy atom. The van der Waals surface area contributed by atoms with Gasteiger partial charge in [-0.2, -0.15) is 5.26 Å². The number of aromatic hydroxyl groups is 1. The zero-order chi connectivity index (χ0) is 15.4. The number of phenols is 1. The highest BCUT2D eigenvalue weighted by atomic mass is 16.3. The third-order valence-corrected chi connectivity index (χ3v) is 3.22. The lowest BCUT2D eigenvalue weighted by molar-refractivity contribution is 0.104. The molecular formula is C18H15NO2. The second-order valence-corrected chi connectivity index (χ2v) is 4.89. The molecule has 2 aromatic carbocycles. The second-order valence-electron chi connectivity index (χ2n) is 4.89. The first-order chi connectivity index (χ1) is 10.0. The van der Waals surface area contributed by atoms with Gasteiger partial charge in [0.1, 0.15) is 5.75 Å². The molecule has 2 aromatic rings. The van der Waals surface area contributed by atoms with Gasteiger partial charge in [-0.05, 0) is 60.9 Å². The van der Waals surface area contributed by atoms with E-state index < -0.39 is 0 Å². The van der Waals surface area contributed by atoms with Crippen molar-refractivity contribution in [1.82, 2.24) is 0 Å². The van der Waals surface area contributed by atoms with E-state index in [0.717, 1.165) is 16.7 Å². The largest absolute Gasteiger partial charge is 0.507 e. The topological polar surface area (TPSA) is 61.1 Å². The molecule has 104 valence electrons. The lowest BCUT2D eigenvalue weighted by atomic mass is 10.0. The van der Waals surface area contributed by atoms with Crippen LogP contribution in [0.5, 0.6) is 5.75 Å². The highest BCUT2D eigenvalue weighted by Crippen LogP contribution is 2.23. The zero-order valence-electron chi connectivity index (χ0n) is 11.9. The maximum atomic E-state index is 12.1. The van der Waals surface area contributed by atoms with E-state index in [-0.39, 0.29) is 11.5 Å². The number of phenolic OH excluding ortho intramolecular Hbond substituents is 1. The fourth-order valence-corrected chi connectivity index (χ4v) is 2.10. The third kappa shape index (κ3) is 3.37. The first-order valence-corrected chi connectivity index (χ1v) is 6.54. The third-order valence-electron chi connectivity index (χ3n) is 3.22. The van der Waals surface area contributed by atoms with Crippen LogP contribution < -0.4 is 0 Å². The van der Waals surface area contributed by atoms with Gasteiger partial charge in [0, 0.05) is 5.56 Å². The van der Waals surface area contributed by atoms with Crippen molar-refractivity contribution in [2.24, 2.45) is 0 Å². The van der Waals surface area contributed by atoms with Gasteiger partial charge in [-0.15, -0.1) is 0 Å². The van der Waals surface area contributed by atoms with E-state index in [9.17, 15) is 9.90 Å². The highest BCUT2D eigenvalue weighted by molar-refractivity contribution is 6.07. The molecule has 0 aliphatic carbocycles. The summed E-state index contributed by atoms with van der Waals surface area (Å²) in [7, 11) is 0. The number of allylic oxidation sites excluding steroid dienone is 1. The lowest BCUT2D eigenvalue weighted by Gasteiger charge is -2.04. The minimum Gasteiger partial charge on any atom is -0.507 e. The van der Waals surface area contributed by atoms with Crippen molar-refractivity contribution in [2.75, 3.05) is 0 Å². The molecule has 1 N–H and O–H groups in total. The van der Waals surface area contributed by atoms with Crippen LogP contribution in [0.3, 0.4) is 0 Å². The maximum absolute atomic E-state index is 12.1. The smallest absolute Gasteiger partial charge is 0.185 e. The van der Waals surface area contributed by atoms with Gasteiger partial charge in [-0.1, -0.05) is 18.2 Å². The number of hydrogen-bond donors (Lipinski definition) is 1. The fourth-order valence-electron chi connectivity index (χ4n) is 2.10. The van der Waals surface area contributed by atoms with Gasteiger partial charge in [0.15, 0.2) is 5.78 Å². The number of hydrogen-bond acceptors (Lipinski definition) is 3. The number of ketones is 1. The van der Waals surface area contributed by atoms with Gasteiger partial charge in [0.25, 0.3) is 0 Å². The molecule has 0 amide bonds. The van der Waals surface area contributed by atoms with Gasteiger partial charge < -0.3 is 5.11 Å². The van der Waals surface area contributed by atoms with Crippen LogP contribution in [0.15, 0.2) is 42.5 Å². The highest BCUT2D eigenvalue weighted by Gasteiger charge is 2.04. The number of carbonyl (C=O) groups is 1. The molecule has 21 heavy (non-hydrogen) atoms. The standard InChI is InChI=1S/C18H15NO2/c1-12-8-14(9-13(2)18(12)21)6-7-17(20)16-5-3-4-15(10-16)11-19/h3-10,21H,1-2H3/b7-6+.